The minimum Gasteiger partial charge on any atom is -0.374 e. The Morgan fingerprint density at radius 3 is 2.67 bits per heavy atom. The molecule has 1 heteroatoms. The third kappa shape index (κ3) is 1.35. The Hall–Kier alpha value is -0.720. The van der Waals surface area contributed by atoms with E-state index < -0.39 is 0 Å². The summed E-state index contributed by atoms with van der Waals surface area (Å²) in [6.45, 7) is 4.31. The van der Waals surface area contributed by atoms with E-state index in [-0.39, 0.29) is 0 Å². The Kier molecular flexibility index (Phi) is 1.60. The average molecular weight is 123 g/mol. The van der Waals surface area contributed by atoms with Crippen molar-refractivity contribution >= 4 is 0 Å². The maximum absolute atomic E-state index is 2.25. The van der Waals surface area contributed by atoms with Gasteiger partial charge in [0.15, 0.2) is 0 Å². The molecule has 1 nitrogen and oxygen atoms in total. The van der Waals surface area contributed by atoms with Gasteiger partial charge >= 0.3 is 0 Å². The van der Waals surface area contributed by atoms with Crippen molar-refractivity contribution < 1.29 is 0 Å². The van der Waals surface area contributed by atoms with Gasteiger partial charge in [-0.15, -0.1) is 0 Å². The normalized spacial score (nSPS) is 26.3. The molecule has 1 heterocycles. The van der Waals surface area contributed by atoms with E-state index in [1.807, 2.05) is 0 Å². The van der Waals surface area contributed by atoms with Crippen molar-refractivity contribution in [3.63, 3.8) is 0 Å². The van der Waals surface area contributed by atoms with Gasteiger partial charge in [0.25, 0.3) is 0 Å². The molecule has 0 spiro atoms. The molecule has 0 radical (unpaired) electrons. The van der Waals surface area contributed by atoms with Crippen molar-refractivity contribution in [3.05, 3.63) is 23.9 Å². The van der Waals surface area contributed by atoms with Crippen LogP contribution < -0.4 is 0 Å². The fourth-order valence-electron chi connectivity index (χ4n) is 0.924. The summed E-state index contributed by atoms with van der Waals surface area (Å²) in [6, 6.07) is 0.565. The lowest BCUT2D eigenvalue weighted by Crippen LogP contribution is -2.23. The second kappa shape index (κ2) is 2.26. The van der Waals surface area contributed by atoms with Gasteiger partial charge in [0.1, 0.15) is 0 Å². The third-order valence-corrected chi connectivity index (χ3v) is 1.72. The highest BCUT2D eigenvalue weighted by molar-refractivity contribution is 5.21. The summed E-state index contributed by atoms with van der Waals surface area (Å²) in [5, 5.41) is 0. The zero-order valence-electron chi connectivity index (χ0n) is 6.26. The van der Waals surface area contributed by atoms with Gasteiger partial charge in [-0.05, 0) is 26.1 Å². The van der Waals surface area contributed by atoms with Crippen LogP contribution in [0.5, 0.6) is 0 Å². The molecule has 0 fully saturated rings. The summed E-state index contributed by atoms with van der Waals surface area (Å²) in [6.07, 6.45) is 6.49. The van der Waals surface area contributed by atoms with E-state index in [2.05, 4.69) is 44.1 Å². The summed E-state index contributed by atoms with van der Waals surface area (Å²) in [4.78, 5) is 2.19. The van der Waals surface area contributed by atoms with E-state index in [1.165, 1.54) is 5.57 Å². The van der Waals surface area contributed by atoms with Crippen LogP contribution in [0.25, 0.3) is 0 Å². The predicted molar refractivity (Wildman–Crippen MR) is 40.1 cm³/mol. The smallest absolute Gasteiger partial charge is 0.0441 e. The van der Waals surface area contributed by atoms with Gasteiger partial charge in [-0.3, -0.25) is 0 Å². The molecule has 1 aliphatic heterocycles. The van der Waals surface area contributed by atoms with Crippen LogP contribution >= 0.6 is 0 Å². The molecule has 0 saturated heterocycles. The molecular weight excluding hydrogens is 110 g/mol. The van der Waals surface area contributed by atoms with Gasteiger partial charge in [0.05, 0.1) is 0 Å². The largest absolute Gasteiger partial charge is 0.374 e. The van der Waals surface area contributed by atoms with Gasteiger partial charge in [0.2, 0.25) is 0 Å². The van der Waals surface area contributed by atoms with E-state index in [9.17, 15) is 0 Å². The molecule has 50 valence electrons. The van der Waals surface area contributed by atoms with Crippen molar-refractivity contribution in [1.29, 1.82) is 0 Å². The molecule has 0 aromatic rings. The summed E-state index contributed by atoms with van der Waals surface area (Å²) in [7, 11) is 2.09. The standard InChI is InChI=1S/C8H13N/c1-7-4-5-9(3)8(2)6-7/h4-6,8H,1-3H3/t8-/m1/s1. The molecule has 9 heavy (non-hydrogen) atoms. The summed E-state index contributed by atoms with van der Waals surface area (Å²) in [5.41, 5.74) is 1.36. The SMILES string of the molecule is CC1=C[C@@H](C)N(C)C=C1. The van der Waals surface area contributed by atoms with Crippen molar-refractivity contribution in [3.8, 4) is 0 Å². The molecule has 1 aliphatic rings. The van der Waals surface area contributed by atoms with Crippen LogP contribution in [-0.2, 0) is 0 Å². The van der Waals surface area contributed by atoms with Crippen LogP contribution in [0.2, 0.25) is 0 Å². The molecular formula is C8H13N. The van der Waals surface area contributed by atoms with Gasteiger partial charge in [-0.2, -0.15) is 0 Å². The first kappa shape index (κ1) is 6.40. The van der Waals surface area contributed by atoms with Gasteiger partial charge in [0, 0.05) is 13.1 Å². The number of allylic oxidation sites excluding steroid dienone is 2. The minimum absolute atomic E-state index is 0.565. The van der Waals surface area contributed by atoms with Crippen molar-refractivity contribution in [2.75, 3.05) is 7.05 Å². The third-order valence-electron chi connectivity index (χ3n) is 1.72. The molecule has 1 atom stereocenters. The average Bonchev–Trinajstić information content (AvgIpc) is 1.80. The van der Waals surface area contributed by atoms with Crippen LogP contribution in [0, 0.1) is 0 Å². The molecule has 0 bridgehead atoms. The minimum atomic E-state index is 0.565. The van der Waals surface area contributed by atoms with Crippen LogP contribution in [0.15, 0.2) is 23.9 Å². The first-order chi connectivity index (χ1) is 4.20. The molecule has 0 amide bonds. The zero-order chi connectivity index (χ0) is 6.85. The van der Waals surface area contributed by atoms with Crippen LogP contribution in [0.3, 0.4) is 0 Å². The van der Waals surface area contributed by atoms with Crippen molar-refractivity contribution in [2.24, 2.45) is 0 Å². The lowest BCUT2D eigenvalue weighted by atomic mass is 10.1. The van der Waals surface area contributed by atoms with E-state index >= 15 is 0 Å². The highest BCUT2D eigenvalue weighted by Gasteiger charge is 2.04. The second-order valence-corrected chi connectivity index (χ2v) is 2.63. The Morgan fingerprint density at radius 2 is 2.22 bits per heavy atom. The number of nitrogens with zero attached hydrogens (tertiary/aromatic N) is 1. The van der Waals surface area contributed by atoms with E-state index in [4.69, 9.17) is 0 Å². The van der Waals surface area contributed by atoms with Crippen LogP contribution in [0.4, 0.5) is 0 Å². The molecule has 0 saturated carbocycles. The maximum atomic E-state index is 2.25. The van der Waals surface area contributed by atoms with Crippen LogP contribution in [0.1, 0.15) is 13.8 Å². The van der Waals surface area contributed by atoms with Crippen LogP contribution in [-0.4, -0.2) is 18.0 Å². The molecule has 0 N–H and O–H groups in total. The zero-order valence-corrected chi connectivity index (χ0v) is 6.26. The van der Waals surface area contributed by atoms with Gasteiger partial charge < -0.3 is 4.90 Å². The monoisotopic (exact) mass is 123 g/mol. The Morgan fingerprint density at radius 1 is 1.56 bits per heavy atom. The Bertz CT molecular complexity index is 156. The lowest BCUT2D eigenvalue weighted by molar-refractivity contribution is 0.401. The maximum Gasteiger partial charge on any atom is 0.0441 e. The summed E-state index contributed by atoms with van der Waals surface area (Å²) in [5.74, 6) is 0. The number of rotatable bonds is 0. The molecule has 0 aromatic carbocycles. The topological polar surface area (TPSA) is 3.24 Å². The molecule has 0 aliphatic carbocycles. The highest BCUT2D eigenvalue weighted by atomic mass is 15.1. The van der Waals surface area contributed by atoms with Crippen molar-refractivity contribution in [2.45, 2.75) is 19.9 Å². The Balaban J connectivity index is 2.70. The fraction of sp³-hybridized carbons (Fsp3) is 0.500. The Labute approximate surface area is 56.7 Å². The first-order valence-corrected chi connectivity index (χ1v) is 3.28. The predicted octanol–water partition coefficient (Wildman–Crippen LogP) is 1.78. The number of hydrogen-bond donors (Lipinski definition) is 0. The van der Waals surface area contributed by atoms with E-state index in [0.717, 1.165) is 0 Å². The highest BCUT2D eigenvalue weighted by Crippen LogP contribution is 2.09. The van der Waals surface area contributed by atoms with Gasteiger partial charge in [-0.1, -0.05) is 11.6 Å². The van der Waals surface area contributed by atoms with Crippen molar-refractivity contribution in [1.82, 2.24) is 4.90 Å². The number of likely N-dealkylation sites (N-methyl/N-ethyl adjacent to an activating group) is 1. The molecule has 0 aromatic heterocycles. The summed E-state index contributed by atoms with van der Waals surface area (Å²) < 4.78 is 0. The molecule has 1 rings (SSSR count). The lowest BCUT2D eigenvalue weighted by Gasteiger charge is -2.23. The number of hydrogen-bond acceptors (Lipinski definition) is 1. The quantitative estimate of drug-likeness (QED) is 0.474. The fourth-order valence-corrected chi connectivity index (χ4v) is 0.924. The van der Waals surface area contributed by atoms with Gasteiger partial charge in [-0.25, -0.2) is 0 Å². The summed E-state index contributed by atoms with van der Waals surface area (Å²) >= 11 is 0. The molecule has 0 unspecified atom stereocenters. The second-order valence-electron chi connectivity index (χ2n) is 2.63. The van der Waals surface area contributed by atoms with E-state index in [1.54, 1.807) is 0 Å². The first-order valence-electron chi connectivity index (χ1n) is 3.28. The van der Waals surface area contributed by atoms with E-state index in [0.29, 0.717) is 6.04 Å².